The third kappa shape index (κ3) is 7.07. The Balaban J connectivity index is 0.000000145. The van der Waals surface area contributed by atoms with E-state index >= 15 is 0 Å². The predicted molar refractivity (Wildman–Crippen MR) is 155 cm³/mol. The fourth-order valence-corrected chi connectivity index (χ4v) is 4.01. The normalized spacial score (nSPS) is 10.2. The summed E-state index contributed by atoms with van der Waals surface area (Å²) in [6.45, 7) is 0. The average Bonchev–Trinajstić information content (AvgIpc) is 2.98. The monoisotopic (exact) mass is 564 g/mol. The van der Waals surface area contributed by atoms with Gasteiger partial charge < -0.3 is 30.8 Å². The summed E-state index contributed by atoms with van der Waals surface area (Å²) in [5.74, 6) is -2.63. The number of hydrogen-bond donors (Lipinski definition) is 4. The van der Waals surface area contributed by atoms with E-state index < -0.39 is 11.9 Å². The van der Waals surface area contributed by atoms with E-state index in [-0.39, 0.29) is 22.6 Å². The van der Waals surface area contributed by atoms with E-state index in [4.69, 9.17) is 10.2 Å². The van der Waals surface area contributed by atoms with Crippen LogP contribution in [0.25, 0.3) is 32.7 Å². The summed E-state index contributed by atoms with van der Waals surface area (Å²) in [4.78, 5) is 21.4. The number of nitrogens with zero attached hydrogens (tertiary/aromatic N) is 2. The van der Waals surface area contributed by atoms with Crippen LogP contribution in [0.1, 0.15) is 20.7 Å². The maximum Gasteiger partial charge on any atom is 0.339 e. The molecule has 6 aromatic rings. The standard InChI is InChI=1S/2C11H8O3.C10H8N2O2/c2*12-10-6-8-4-2-1-3-7(8)5-9(10)11(13)14;13-11-5-1-9(2-6-11)10-3-7-12(14)8-4-10/h2*1-6,12H,(H,13,14);1-8H. The number of carbonyl (C=O) groups is 2. The average molecular weight is 565 g/mol. The first-order chi connectivity index (χ1) is 20.1. The zero-order chi connectivity index (χ0) is 30.2. The number of aromatic hydroxyl groups is 2. The van der Waals surface area contributed by atoms with Crippen LogP contribution in [0.15, 0.2) is 122 Å². The topological polar surface area (TPSA) is 169 Å². The van der Waals surface area contributed by atoms with E-state index in [0.29, 0.717) is 0 Å². The molecule has 2 heterocycles. The van der Waals surface area contributed by atoms with Crippen LogP contribution in [-0.4, -0.2) is 32.4 Å². The Hall–Kier alpha value is -6.16. The first-order valence-corrected chi connectivity index (χ1v) is 12.4. The molecule has 10 nitrogen and oxygen atoms in total. The van der Waals surface area contributed by atoms with Crippen molar-refractivity contribution in [2.45, 2.75) is 0 Å². The molecule has 0 atom stereocenters. The van der Waals surface area contributed by atoms with Crippen molar-refractivity contribution >= 4 is 33.5 Å². The van der Waals surface area contributed by atoms with Crippen molar-refractivity contribution in [3.8, 4) is 22.6 Å². The van der Waals surface area contributed by atoms with Crippen LogP contribution in [0, 0.1) is 10.4 Å². The highest BCUT2D eigenvalue weighted by atomic mass is 16.5. The minimum Gasteiger partial charge on any atom is -0.619 e. The molecule has 4 aromatic carbocycles. The SMILES string of the molecule is O=C(O)c1cc2ccccc2cc1O.O=C(O)c1cc2ccccc2cc1O.[O-][n+]1ccc(-c2cc[n+]([O-])cc2)cc1. The van der Waals surface area contributed by atoms with Crippen molar-refractivity contribution in [2.75, 3.05) is 0 Å². The van der Waals surface area contributed by atoms with Gasteiger partial charge in [0.1, 0.15) is 22.6 Å². The maximum atomic E-state index is 10.8. The van der Waals surface area contributed by atoms with E-state index in [1.54, 1.807) is 36.4 Å². The first kappa shape index (κ1) is 28.8. The number of carboxylic acid groups (broad SMARTS) is 2. The lowest BCUT2D eigenvalue weighted by Crippen LogP contribution is -2.24. The van der Waals surface area contributed by atoms with E-state index in [9.17, 15) is 30.2 Å². The molecule has 10 heteroatoms. The summed E-state index contributed by atoms with van der Waals surface area (Å²) < 4.78 is 1.44. The number of aromatic nitrogens is 2. The Bertz CT molecular complexity index is 1730. The number of phenols is 2. The van der Waals surface area contributed by atoms with Gasteiger partial charge in [-0.25, -0.2) is 9.59 Å². The number of carboxylic acids is 2. The molecule has 0 radical (unpaired) electrons. The predicted octanol–water partition coefficient (Wildman–Crippen LogP) is 5.11. The molecule has 0 spiro atoms. The maximum absolute atomic E-state index is 10.8. The van der Waals surface area contributed by atoms with Crippen molar-refractivity contribution < 1.29 is 39.5 Å². The second kappa shape index (κ2) is 12.8. The van der Waals surface area contributed by atoms with Crippen molar-refractivity contribution in [3.05, 3.63) is 143 Å². The summed E-state index contributed by atoms with van der Waals surface area (Å²) in [6, 6.07) is 27.2. The van der Waals surface area contributed by atoms with Crippen LogP contribution in [0.2, 0.25) is 0 Å². The number of pyridine rings is 2. The fourth-order valence-electron chi connectivity index (χ4n) is 4.01. The molecule has 0 fully saturated rings. The molecule has 0 aliphatic rings. The van der Waals surface area contributed by atoms with E-state index in [0.717, 1.165) is 42.1 Å². The smallest absolute Gasteiger partial charge is 0.339 e. The van der Waals surface area contributed by atoms with Gasteiger partial charge in [-0.3, -0.25) is 0 Å². The first-order valence-electron chi connectivity index (χ1n) is 12.4. The van der Waals surface area contributed by atoms with Crippen LogP contribution in [-0.2, 0) is 0 Å². The molecule has 6 rings (SSSR count). The number of aromatic carboxylic acids is 2. The Morgan fingerprint density at radius 3 is 1.07 bits per heavy atom. The van der Waals surface area contributed by atoms with Gasteiger partial charge in [0.25, 0.3) is 0 Å². The van der Waals surface area contributed by atoms with Gasteiger partial charge in [-0.05, 0) is 56.9 Å². The minimum atomic E-state index is -1.12. The van der Waals surface area contributed by atoms with E-state index in [1.807, 2.05) is 36.4 Å². The number of rotatable bonds is 3. The highest BCUT2D eigenvalue weighted by Crippen LogP contribution is 2.25. The Morgan fingerprint density at radius 1 is 0.500 bits per heavy atom. The number of hydrogen-bond acceptors (Lipinski definition) is 6. The highest BCUT2D eigenvalue weighted by Gasteiger charge is 2.11. The van der Waals surface area contributed by atoms with Gasteiger partial charge in [-0.1, -0.05) is 48.5 Å². The van der Waals surface area contributed by atoms with Crippen molar-refractivity contribution in [3.63, 3.8) is 0 Å². The zero-order valence-electron chi connectivity index (χ0n) is 21.9. The fraction of sp³-hybridized carbons (Fsp3) is 0. The molecule has 0 aliphatic carbocycles. The van der Waals surface area contributed by atoms with E-state index in [1.165, 1.54) is 49.1 Å². The summed E-state index contributed by atoms with van der Waals surface area (Å²) in [7, 11) is 0. The second-order valence-corrected chi connectivity index (χ2v) is 8.94. The summed E-state index contributed by atoms with van der Waals surface area (Å²) in [5.41, 5.74) is 1.70. The van der Waals surface area contributed by atoms with Gasteiger partial charge in [0, 0.05) is 24.3 Å². The molecule has 0 saturated carbocycles. The molecular weight excluding hydrogens is 540 g/mol. The van der Waals surface area contributed by atoms with Gasteiger partial charge in [0.2, 0.25) is 0 Å². The van der Waals surface area contributed by atoms with Crippen LogP contribution >= 0.6 is 0 Å². The largest absolute Gasteiger partial charge is 0.619 e. The molecule has 0 unspecified atom stereocenters. The minimum absolute atomic E-state index is 0.0660. The third-order valence-electron chi connectivity index (χ3n) is 6.13. The Labute approximate surface area is 239 Å². The summed E-state index contributed by atoms with van der Waals surface area (Å²) >= 11 is 0. The van der Waals surface area contributed by atoms with Gasteiger partial charge >= 0.3 is 11.9 Å². The molecule has 0 saturated heterocycles. The van der Waals surface area contributed by atoms with Gasteiger partial charge in [-0.2, -0.15) is 9.46 Å². The quantitative estimate of drug-likeness (QED) is 0.170. The van der Waals surface area contributed by atoms with Crippen LogP contribution in [0.3, 0.4) is 0 Å². The highest BCUT2D eigenvalue weighted by molar-refractivity contribution is 5.98. The van der Waals surface area contributed by atoms with Crippen LogP contribution in [0.4, 0.5) is 0 Å². The van der Waals surface area contributed by atoms with Crippen molar-refractivity contribution in [1.29, 1.82) is 0 Å². The molecule has 2 aromatic heterocycles. The molecule has 210 valence electrons. The molecule has 4 N–H and O–H groups in total. The Kier molecular flexibility index (Phi) is 8.79. The lowest BCUT2D eigenvalue weighted by atomic mass is 10.1. The van der Waals surface area contributed by atoms with E-state index in [2.05, 4.69) is 0 Å². The molecule has 0 bridgehead atoms. The van der Waals surface area contributed by atoms with Gasteiger partial charge in [-0.15, -0.1) is 0 Å². The summed E-state index contributed by atoms with van der Waals surface area (Å²) in [6.07, 6.45) is 5.70. The van der Waals surface area contributed by atoms with Gasteiger partial charge in [0.05, 0.1) is 0 Å². The molecule has 0 amide bonds. The van der Waals surface area contributed by atoms with Crippen LogP contribution in [0.5, 0.6) is 11.5 Å². The number of benzene rings is 4. The number of fused-ring (bicyclic) bond motifs is 2. The van der Waals surface area contributed by atoms with Crippen molar-refractivity contribution in [2.24, 2.45) is 0 Å². The van der Waals surface area contributed by atoms with Crippen molar-refractivity contribution in [1.82, 2.24) is 0 Å². The van der Waals surface area contributed by atoms with Crippen LogP contribution < -0.4 is 9.46 Å². The third-order valence-corrected chi connectivity index (χ3v) is 6.13. The Morgan fingerprint density at radius 2 is 0.786 bits per heavy atom. The van der Waals surface area contributed by atoms with Gasteiger partial charge in [0.15, 0.2) is 24.8 Å². The zero-order valence-corrected chi connectivity index (χ0v) is 21.9. The summed E-state index contributed by atoms with van der Waals surface area (Å²) in [5, 5.41) is 61.1. The lowest BCUT2D eigenvalue weighted by Gasteiger charge is -2.02. The molecule has 0 aliphatic heterocycles. The molecular formula is C32H24N2O8. The second-order valence-electron chi connectivity index (χ2n) is 8.94. The lowest BCUT2D eigenvalue weighted by molar-refractivity contribution is -0.605. The molecule has 42 heavy (non-hydrogen) atoms.